The van der Waals surface area contributed by atoms with Gasteiger partial charge in [0.15, 0.2) is 5.69 Å². The van der Waals surface area contributed by atoms with Crippen molar-refractivity contribution in [1.29, 1.82) is 0 Å². The van der Waals surface area contributed by atoms with Crippen LogP contribution in [0.1, 0.15) is 23.3 Å². The van der Waals surface area contributed by atoms with Gasteiger partial charge >= 0.3 is 5.97 Å². The first-order chi connectivity index (χ1) is 10.1. The van der Waals surface area contributed by atoms with Crippen LogP contribution in [-0.4, -0.2) is 44.7 Å². The van der Waals surface area contributed by atoms with Crippen molar-refractivity contribution in [2.75, 3.05) is 6.54 Å². The number of likely N-dealkylation sites (tertiary alicyclic amines) is 1. The van der Waals surface area contributed by atoms with E-state index in [0.717, 1.165) is 0 Å². The third-order valence-corrected chi connectivity index (χ3v) is 3.68. The Kier molecular flexibility index (Phi) is 3.17. The standard InChI is InChI=1S/C14H13N3O4/c18-12-8-4-1-2-5-9(8)15-16-11(12)13(19)17-7-3-6-10(17)14(20)21/h1-2,4-5,10H,3,6-7H2,(H,15,18)(H,20,21). The number of para-hydroxylation sites is 1. The topological polar surface area (TPSA) is 103 Å². The molecule has 21 heavy (non-hydrogen) atoms. The third kappa shape index (κ3) is 2.16. The molecule has 7 heteroatoms. The zero-order chi connectivity index (χ0) is 15.0. The summed E-state index contributed by atoms with van der Waals surface area (Å²) in [5, 5.41) is 16.0. The van der Waals surface area contributed by atoms with Gasteiger partial charge in [0.1, 0.15) is 6.04 Å². The van der Waals surface area contributed by atoms with E-state index in [4.69, 9.17) is 5.11 Å². The van der Waals surface area contributed by atoms with Crippen LogP contribution >= 0.6 is 0 Å². The molecule has 1 saturated heterocycles. The van der Waals surface area contributed by atoms with Crippen LogP contribution in [0.4, 0.5) is 0 Å². The number of aromatic nitrogens is 2. The minimum Gasteiger partial charge on any atom is -0.480 e. The molecular weight excluding hydrogens is 274 g/mol. The predicted octanol–water partition coefficient (Wildman–Crippen LogP) is 0.612. The number of hydrogen-bond donors (Lipinski definition) is 2. The second-order valence-corrected chi connectivity index (χ2v) is 4.94. The summed E-state index contributed by atoms with van der Waals surface area (Å²) in [4.78, 5) is 37.1. The first-order valence-corrected chi connectivity index (χ1v) is 6.61. The molecule has 1 amide bonds. The highest BCUT2D eigenvalue weighted by molar-refractivity contribution is 5.97. The lowest BCUT2D eigenvalue weighted by molar-refractivity contribution is -0.141. The largest absolute Gasteiger partial charge is 0.480 e. The molecule has 1 aromatic heterocycles. The second-order valence-electron chi connectivity index (χ2n) is 4.94. The number of rotatable bonds is 2. The van der Waals surface area contributed by atoms with Gasteiger partial charge in [0.2, 0.25) is 5.43 Å². The minimum absolute atomic E-state index is 0.262. The number of carboxylic acids is 1. The van der Waals surface area contributed by atoms with Crippen LogP contribution in [0.15, 0.2) is 29.1 Å². The van der Waals surface area contributed by atoms with E-state index in [2.05, 4.69) is 10.2 Å². The lowest BCUT2D eigenvalue weighted by Crippen LogP contribution is -2.42. The van der Waals surface area contributed by atoms with Crippen molar-refractivity contribution in [3.63, 3.8) is 0 Å². The van der Waals surface area contributed by atoms with Gasteiger partial charge in [0, 0.05) is 11.9 Å². The highest BCUT2D eigenvalue weighted by Crippen LogP contribution is 2.19. The van der Waals surface area contributed by atoms with E-state index in [9.17, 15) is 14.4 Å². The summed E-state index contributed by atoms with van der Waals surface area (Å²) in [7, 11) is 0. The van der Waals surface area contributed by atoms with Gasteiger partial charge in [0.25, 0.3) is 5.91 Å². The van der Waals surface area contributed by atoms with Crippen LogP contribution < -0.4 is 5.43 Å². The molecule has 2 N–H and O–H groups in total. The summed E-state index contributed by atoms with van der Waals surface area (Å²) in [6.07, 6.45) is 1.00. The number of carbonyl (C=O) groups excluding carboxylic acids is 1. The van der Waals surface area contributed by atoms with E-state index in [1.807, 2.05) is 0 Å². The number of aliphatic carboxylic acids is 1. The maximum Gasteiger partial charge on any atom is 0.326 e. The zero-order valence-electron chi connectivity index (χ0n) is 11.1. The van der Waals surface area contributed by atoms with Crippen molar-refractivity contribution < 1.29 is 14.7 Å². The van der Waals surface area contributed by atoms with Gasteiger partial charge in [-0.25, -0.2) is 4.79 Å². The first kappa shape index (κ1) is 13.3. The summed E-state index contributed by atoms with van der Waals surface area (Å²) in [6.45, 7) is 0.323. The number of nitrogens with zero attached hydrogens (tertiary/aromatic N) is 2. The molecule has 0 bridgehead atoms. The van der Waals surface area contributed by atoms with Crippen LogP contribution in [-0.2, 0) is 4.79 Å². The Bertz CT molecular complexity index is 783. The summed E-state index contributed by atoms with van der Waals surface area (Å²) in [5.74, 6) is -1.69. The number of hydrogen-bond acceptors (Lipinski definition) is 4. The van der Waals surface area contributed by atoms with Crippen LogP contribution in [0.3, 0.4) is 0 Å². The van der Waals surface area contributed by atoms with Crippen LogP contribution in [0.25, 0.3) is 10.9 Å². The summed E-state index contributed by atoms with van der Waals surface area (Å²) < 4.78 is 0. The highest BCUT2D eigenvalue weighted by atomic mass is 16.4. The van der Waals surface area contributed by atoms with Crippen LogP contribution in [0.2, 0.25) is 0 Å². The van der Waals surface area contributed by atoms with E-state index < -0.39 is 23.3 Å². The Balaban J connectivity index is 2.04. The van der Waals surface area contributed by atoms with Crippen LogP contribution in [0, 0.1) is 0 Å². The zero-order valence-corrected chi connectivity index (χ0v) is 11.1. The number of benzene rings is 1. The molecule has 1 aromatic carbocycles. The lowest BCUT2D eigenvalue weighted by atomic mass is 10.2. The number of H-pyrrole nitrogens is 1. The van der Waals surface area contributed by atoms with Gasteiger partial charge in [-0.2, -0.15) is 5.10 Å². The molecule has 1 atom stereocenters. The number of fused-ring (bicyclic) bond motifs is 1. The fourth-order valence-electron chi connectivity index (χ4n) is 2.62. The summed E-state index contributed by atoms with van der Waals surface area (Å²) in [6, 6.07) is 5.86. The average Bonchev–Trinajstić information content (AvgIpc) is 2.97. The van der Waals surface area contributed by atoms with E-state index in [1.165, 1.54) is 4.90 Å². The van der Waals surface area contributed by atoms with Crippen molar-refractivity contribution in [2.24, 2.45) is 0 Å². The lowest BCUT2D eigenvalue weighted by Gasteiger charge is -2.20. The normalized spacial score (nSPS) is 18.1. The van der Waals surface area contributed by atoms with Gasteiger partial charge in [0.05, 0.1) is 5.52 Å². The van der Waals surface area contributed by atoms with Gasteiger partial charge in [-0.1, -0.05) is 12.1 Å². The first-order valence-electron chi connectivity index (χ1n) is 6.61. The molecule has 2 aromatic rings. The molecule has 0 saturated carbocycles. The Morgan fingerprint density at radius 3 is 2.86 bits per heavy atom. The number of aromatic amines is 1. The van der Waals surface area contributed by atoms with Crippen molar-refractivity contribution in [3.8, 4) is 0 Å². The quantitative estimate of drug-likeness (QED) is 0.842. The fraction of sp³-hybridized carbons (Fsp3) is 0.286. The smallest absolute Gasteiger partial charge is 0.326 e. The molecule has 1 fully saturated rings. The summed E-state index contributed by atoms with van der Waals surface area (Å²) in [5.41, 5.74) is -0.206. The number of carboxylic acid groups (broad SMARTS) is 1. The molecular formula is C14H13N3O4. The van der Waals surface area contributed by atoms with E-state index in [1.54, 1.807) is 24.3 Å². The maximum absolute atomic E-state index is 12.4. The molecule has 7 nitrogen and oxygen atoms in total. The van der Waals surface area contributed by atoms with Crippen molar-refractivity contribution in [3.05, 3.63) is 40.2 Å². The predicted molar refractivity (Wildman–Crippen MR) is 74.1 cm³/mol. The maximum atomic E-state index is 12.4. The second kappa shape index (κ2) is 5.01. The Labute approximate surface area is 119 Å². The average molecular weight is 287 g/mol. The molecule has 1 aliphatic rings. The minimum atomic E-state index is -1.06. The number of amides is 1. The molecule has 0 aliphatic carbocycles. The molecule has 0 radical (unpaired) electrons. The number of nitrogens with one attached hydrogen (secondary N) is 1. The van der Waals surface area contributed by atoms with Gasteiger partial charge in [-0.15, -0.1) is 0 Å². The van der Waals surface area contributed by atoms with Crippen LogP contribution in [0.5, 0.6) is 0 Å². The highest BCUT2D eigenvalue weighted by Gasteiger charge is 2.36. The number of carbonyl (C=O) groups is 2. The molecule has 0 spiro atoms. The molecule has 2 heterocycles. The monoisotopic (exact) mass is 287 g/mol. The molecule has 1 unspecified atom stereocenters. The van der Waals surface area contributed by atoms with Crippen molar-refractivity contribution in [2.45, 2.75) is 18.9 Å². The summed E-state index contributed by atoms with van der Waals surface area (Å²) >= 11 is 0. The van der Waals surface area contributed by atoms with Gasteiger partial charge in [-0.3, -0.25) is 14.7 Å². The van der Waals surface area contributed by atoms with Gasteiger partial charge in [-0.05, 0) is 25.0 Å². The van der Waals surface area contributed by atoms with E-state index in [0.29, 0.717) is 30.3 Å². The molecule has 3 rings (SSSR count). The van der Waals surface area contributed by atoms with Gasteiger partial charge < -0.3 is 10.0 Å². The van der Waals surface area contributed by atoms with Crippen molar-refractivity contribution >= 4 is 22.8 Å². The molecule has 1 aliphatic heterocycles. The molecule has 108 valence electrons. The third-order valence-electron chi connectivity index (χ3n) is 3.68. The van der Waals surface area contributed by atoms with E-state index in [-0.39, 0.29) is 5.69 Å². The Hall–Kier alpha value is -2.70. The Morgan fingerprint density at radius 2 is 2.10 bits per heavy atom. The van der Waals surface area contributed by atoms with Crippen molar-refractivity contribution in [1.82, 2.24) is 15.1 Å². The Morgan fingerprint density at radius 1 is 1.33 bits per heavy atom. The fourth-order valence-corrected chi connectivity index (χ4v) is 2.62. The van der Waals surface area contributed by atoms with E-state index >= 15 is 0 Å². The SMILES string of the molecule is O=C(O)C1CCCN1C(=O)c1n[nH]c2ccccc2c1=O.